The van der Waals surface area contributed by atoms with Gasteiger partial charge in [-0.05, 0) is 56.2 Å². The summed E-state index contributed by atoms with van der Waals surface area (Å²) in [4.78, 5) is 30.7. The van der Waals surface area contributed by atoms with Crippen molar-refractivity contribution < 1.29 is 14.3 Å². The number of carbonyl (C=O) groups excluding carboxylic acids is 2. The summed E-state index contributed by atoms with van der Waals surface area (Å²) in [6, 6.07) is 16.3. The fourth-order valence-corrected chi connectivity index (χ4v) is 4.36. The monoisotopic (exact) mass is 407 g/mol. The van der Waals surface area contributed by atoms with Crippen molar-refractivity contribution in [3.05, 3.63) is 70.7 Å². The minimum absolute atomic E-state index is 0.0841. The van der Waals surface area contributed by atoms with Crippen LogP contribution in [0.4, 0.5) is 10.8 Å². The summed E-state index contributed by atoms with van der Waals surface area (Å²) in [5.41, 5.74) is 2.06. The van der Waals surface area contributed by atoms with E-state index in [1.54, 1.807) is 12.1 Å². The summed E-state index contributed by atoms with van der Waals surface area (Å²) in [5.74, 6) is 0.176. The zero-order valence-electron chi connectivity index (χ0n) is 16.0. The van der Waals surface area contributed by atoms with Gasteiger partial charge >= 0.3 is 0 Å². The Balaban J connectivity index is 1.43. The van der Waals surface area contributed by atoms with Crippen molar-refractivity contribution in [2.75, 3.05) is 17.2 Å². The highest BCUT2D eigenvalue weighted by Gasteiger charge is 2.33. The van der Waals surface area contributed by atoms with Gasteiger partial charge in [-0.3, -0.25) is 14.9 Å². The van der Waals surface area contributed by atoms with E-state index in [0.717, 1.165) is 34.8 Å². The van der Waals surface area contributed by atoms with Gasteiger partial charge in [-0.2, -0.15) is 0 Å². The van der Waals surface area contributed by atoms with Crippen molar-refractivity contribution >= 4 is 34.0 Å². The third-order valence-electron chi connectivity index (χ3n) is 4.72. The van der Waals surface area contributed by atoms with Gasteiger partial charge in [-0.25, -0.2) is 4.98 Å². The molecule has 3 aromatic rings. The predicted molar refractivity (Wildman–Crippen MR) is 114 cm³/mol. The first-order chi connectivity index (χ1) is 14.1. The smallest absolute Gasteiger partial charge is 0.257 e. The number of aryl methyl sites for hydroxylation is 1. The fraction of sp³-hybridized carbons (Fsp3) is 0.227. The lowest BCUT2D eigenvalue weighted by molar-refractivity contribution is -0.117. The number of amides is 2. The fourth-order valence-electron chi connectivity index (χ4n) is 3.33. The Hall–Kier alpha value is -3.19. The van der Waals surface area contributed by atoms with Crippen molar-refractivity contribution in [1.82, 2.24) is 4.98 Å². The van der Waals surface area contributed by atoms with E-state index < -0.39 is 0 Å². The molecule has 1 atom stereocenters. The Morgan fingerprint density at radius 3 is 2.59 bits per heavy atom. The molecule has 0 bridgehead atoms. The highest BCUT2D eigenvalue weighted by molar-refractivity contribution is 7.16. The van der Waals surface area contributed by atoms with Crippen molar-refractivity contribution in [2.45, 2.75) is 25.7 Å². The molecular weight excluding hydrogens is 386 g/mol. The highest BCUT2D eigenvalue weighted by atomic mass is 32.1. The van der Waals surface area contributed by atoms with Crippen LogP contribution in [0.5, 0.6) is 5.75 Å². The van der Waals surface area contributed by atoms with Crippen LogP contribution in [0.3, 0.4) is 0 Å². The minimum Gasteiger partial charge on any atom is -0.494 e. The van der Waals surface area contributed by atoms with Crippen LogP contribution in [-0.4, -0.2) is 23.4 Å². The van der Waals surface area contributed by atoms with Crippen LogP contribution >= 0.6 is 11.3 Å². The molecule has 1 unspecified atom stereocenters. The van der Waals surface area contributed by atoms with E-state index in [9.17, 15) is 9.59 Å². The Bertz CT molecular complexity index is 1020. The van der Waals surface area contributed by atoms with E-state index in [2.05, 4.69) is 15.6 Å². The van der Waals surface area contributed by atoms with Gasteiger partial charge in [-0.1, -0.05) is 18.2 Å². The van der Waals surface area contributed by atoms with Crippen LogP contribution in [0.1, 0.15) is 40.2 Å². The van der Waals surface area contributed by atoms with Crippen LogP contribution in [0.2, 0.25) is 0 Å². The Morgan fingerprint density at radius 1 is 1.10 bits per heavy atom. The molecule has 0 spiro atoms. The van der Waals surface area contributed by atoms with E-state index in [0.29, 0.717) is 17.3 Å². The Kier molecular flexibility index (Phi) is 5.57. The maximum absolute atomic E-state index is 12.8. The van der Waals surface area contributed by atoms with E-state index in [-0.39, 0.29) is 17.7 Å². The van der Waals surface area contributed by atoms with Crippen LogP contribution in [0.25, 0.3) is 0 Å². The van der Waals surface area contributed by atoms with Gasteiger partial charge in [-0.15, -0.1) is 11.3 Å². The standard InChI is InChI=1S/C22H21N3O3S/c1-2-28-16-10-8-15(9-11-16)23-21(27)17-12-13-18-19(17)24-22(29-18)25-20(26)14-6-4-3-5-7-14/h3-11,17H,2,12-13H2,1H3,(H,23,27)(H,24,25,26). The highest BCUT2D eigenvalue weighted by Crippen LogP contribution is 2.39. The maximum atomic E-state index is 12.8. The second-order valence-corrected chi connectivity index (χ2v) is 7.77. The molecule has 4 rings (SSSR count). The average Bonchev–Trinajstić information content (AvgIpc) is 3.30. The quantitative estimate of drug-likeness (QED) is 0.632. The number of carbonyl (C=O) groups is 2. The molecule has 0 aliphatic heterocycles. The van der Waals surface area contributed by atoms with Crippen LogP contribution < -0.4 is 15.4 Å². The molecule has 29 heavy (non-hydrogen) atoms. The normalized spacial score (nSPS) is 14.9. The summed E-state index contributed by atoms with van der Waals surface area (Å²) in [6.07, 6.45) is 1.51. The summed E-state index contributed by atoms with van der Waals surface area (Å²) in [5, 5.41) is 6.32. The molecule has 0 fully saturated rings. The molecule has 1 aliphatic carbocycles. The number of hydrogen-bond donors (Lipinski definition) is 2. The zero-order valence-corrected chi connectivity index (χ0v) is 16.8. The predicted octanol–water partition coefficient (Wildman–Crippen LogP) is 4.46. The molecule has 2 aromatic carbocycles. The average molecular weight is 407 g/mol. The van der Waals surface area contributed by atoms with E-state index in [1.165, 1.54) is 11.3 Å². The largest absolute Gasteiger partial charge is 0.494 e. The van der Waals surface area contributed by atoms with Crippen LogP contribution in [0.15, 0.2) is 54.6 Å². The van der Waals surface area contributed by atoms with Crippen molar-refractivity contribution in [3.8, 4) is 5.75 Å². The van der Waals surface area contributed by atoms with Crippen molar-refractivity contribution in [2.24, 2.45) is 0 Å². The third kappa shape index (κ3) is 4.30. The van der Waals surface area contributed by atoms with Gasteiger partial charge in [0, 0.05) is 16.1 Å². The minimum atomic E-state index is -0.310. The molecule has 2 N–H and O–H groups in total. The van der Waals surface area contributed by atoms with Crippen molar-refractivity contribution in [1.29, 1.82) is 0 Å². The lowest BCUT2D eigenvalue weighted by Gasteiger charge is -2.11. The number of rotatable bonds is 6. The van der Waals surface area contributed by atoms with E-state index in [4.69, 9.17) is 4.74 Å². The first-order valence-electron chi connectivity index (χ1n) is 9.53. The lowest BCUT2D eigenvalue weighted by Crippen LogP contribution is -2.20. The first-order valence-corrected chi connectivity index (χ1v) is 10.4. The molecule has 1 heterocycles. The number of thiazole rings is 1. The van der Waals surface area contributed by atoms with Crippen LogP contribution in [0, 0.1) is 0 Å². The van der Waals surface area contributed by atoms with Gasteiger partial charge in [0.15, 0.2) is 5.13 Å². The SMILES string of the molecule is CCOc1ccc(NC(=O)C2CCc3sc(NC(=O)c4ccccc4)nc32)cc1. The summed E-state index contributed by atoms with van der Waals surface area (Å²) < 4.78 is 5.42. The number of aromatic nitrogens is 1. The second-order valence-electron chi connectivity index (χ2n) is 6.69. The number of ether oxygens (including phenoxy) is 1. The molecule has 0 saturated heterocycles. The van der Waals surface area contributed by atoms with Crippen molar-refractivity contribution in [3.63, 3.8) is 0 Å². The Morgan fingerprint density at radius 2 is 1.86 bits per heavy atom. The van der Waals surface area contributed by atoms with Gasteiger partial charge < -0.3 is 10.1 Å². The summed E-state index contributed by atoms with van der Waals surface area (Å²) in [6.45, 7) is 2.53. The molecule has 1 aromatic heterocycles. The molecule has 0 radical (unpaired) electrons. The number of nitrogens with one attached hydrogen (secondary N) is 2. The van der Waals surface area contributed by atoms with Gasteiger partial charge in [0.2, 0.25) is 5.91 Å². The number of benzene rings is 2. The topological polar surface area (TPSA) is 80.3 Å². The van der Waals surface area contributed by atoms with Gasteiger partial charge in [0.25, 0.3) is 5.91 Å². The lowest BCUT2D eigenvalue weighted by atomic mass is 10.1. The molecule has 0 saturated carbocycles. The summed E-state index contributed by atoms with van der Waals surface area (Å²) in [7, 11) is 0. The second kappa shape index (κ2) is 8.45. The first kappa shape index (κ1) is 19.1. The van der Waals surface area contributed by atoms with E-state index >= 15 is 0 Å². The molecule has 2 amide bonds. The number of nitrogens with zero attached hydrogens (tertiary/aromatic N) is 1. The molecular formula is C22H21N3O3S. The molecule has 7 heteroatoms. The number of hydrogen-bond acceptors (Lipinski definition) is 5. The van der Waals surface area contributed by atoms with Crippen LogP contribution in [-0.2, 0) is 11.2 Å². The van der Waals surface area contributed by atoms with Gasteiger partial charge in [0.1, 0.15) is 5.75 Å². The van der Waals surface area contributed by atoms with E-state index in [1.807, 2.05) is 49.4 Å². The van der Waals surface area contributed by atoms with Gasteiger partial charge in [0.05, 0.1) is 18.2 Å². The molecule has 148 valence electrons. The molecule has 1 aliphatic rings. The number of anilines is 2. The number of fused-ring (bicyclic) bond motifs is 1. The zero-order chi connectivity index (χ0) is 20.2. The summed E-state index contributed by atoms with van der Waals surface area (Å²) >= 11 is 1.44. The maximum Gasteiger partial charge on any atom is 0.257 e. The third-order valence-corrected chi connectivity index (χ3v) is 5.77. The Labute approximate surface area is 172 Å². The molecule has 6 nitrogen and oxygen atoms in total.